The average molecular weight is 175 g/mol. The van der Waals surface area contributed by atoms with E-state index in [1.165, 1.54) is 17.7 Å². The summed E-state index contributed by atoms with van der Waals surface area (Å²) in [7, 11) is 0. The van der Waals surface area contributed by atoms with Crippen molar-refractivity contribution in [2.75, 3.05) is 13.1 Å². The SMILES string of the molecule is Cc1ccccc1[C@H]1CNC[C@@H]1C. The smallest absolute Gasteiger partial charge is 0.00234 e. The lowest BCUT2D eigenvalue weighted by molar-refractivity contribution is 0.570. The van der Waals surface area contributed by atoms with E-state index >= 15 is 0 Å². The summed E-state index contributed by atoms with van der Waals surface area (Å²) in [6.45, 7) is 6.85. The molecule has 1 heterocycles. The summed E-state index contributed by atoms with van der Waals surface area (Å²) in [4.78, 5) is 0. The van der Waals surface area contributed by atoms with Crippen LogP contribution in [-0.4, -0.2) is 13.1 Å². The second-order valence-corrected chi connectivity index (χ2v) is 4.10. The molecule has 1 N–H and O–H groups in total. The maximum Gasteiger partial charge on any atom is 0.00234 e. The molecule has 0 bridgehead atoms. The highest BCUT2D eigenvalue weighted by atomic mass is 14.9. The third-order valence-corrected chi connectivity index (χ3v) is 3.11. The van der Waals surface area contributed by atoms with Gasteiger partial charge in [0.15, 0.2) is 0 Å². The number of aryl methyl sites for hydroxylation is 1. The minimum atomic E-state index is 0.723. The van der Waals surface area contributed by atoms with Gasteiger partial charge < -0.3 is 5.32 Å². The van der Waals surface area contributed by atoms with Gasteiger partial charge in [0.1, 0.15) is 0 Å². The van der Waals surface area contributed by atoms with Crippen LogP contribution in [0.2, 0.25) is 0 Å². The maximum atomic E-state index is 3.45. The van der Waals surface area contributed by atoms with E-state index in [1.54, 1.807) is 0 Å². The minimum absolute atomic E-state index is 0.723. The lowest BCUT2D eigenvalue weighted by Crippen LogP contribution is -2.09. The zero-order valence-electron chi connectivity index (χ0n) is 8.38. The fourth-order valence-corrected chi connectivity index (χ4v) is 2.23. The molecule has 2 atom stereocenters. The Morgan fingerprint density at radius 1 is 1.23 bits per heavy atom. The minimum Gasteiger partial charge on any atom is -0.316 e. The van der Waals surface area contributed by atoms with Gasteiger partial charge in [-0.15, -0.1) is 0 Å². The molecule has 0 spiro atoms. The molecule has 2 rings (SSSR count). The summed E-state index contributed by atoms with van der Waals surface area (Å²) >= 11 is 0. The Hall–Kier alpha value is -0.820. The van der Waals surface area contributed by atoms with E-state index in [0.717, 1.165) is 18.4 Å². The van der Waals surface area contributed by atoms with Gasteiger partial charge in [-0.3, -0.25) is 0 Å². The molecule has 1 heteroatoms. The van der Waals surface area contributed by atoms with Gasteiger partial charge in [-0.05, 0) is 30.5 Å². The van der Waals surface area contributed by atoms with Gasteiger partial charge in [0.05, 0.1) is 0 Å². The normalized spacial score (nSPS) is 27.8. The van der Waals surface area contributed by atoms with Gasteiger partial charge in [-0.25, -0.2) is 0 Å². The molecule has 1 aliphatic rings. The van der Waals surface area contributed by atoms with Gasteiger partial charge in [-0.2, -0.15) is 0 Å². The number of rotatable bonds is 1. The Bertz CT molecular complexity index is 293. The molecule has 1 aromatic carbocycles. The van der Waals surface area contributed by atoms with Crippen molar-refractivity contribution < 1.29 is 0 Å². The van der Waals surface area contributed by atoms with Crippen LogP contribution in [0.15, 0.2) is 24.3 Å². The fraction of sp³-hybridized carbons (Fsp3) is 0.500. The second kappa shape index (κ2) is 3.51. The molecule has 70 valence electrons. The van der Waals surface area contributed by atoms with Gasteiger partial charge in [0.2, 0.25) is 0 Å². The summed E-state index contributed by atoms with van der Waals surface area (Å²) in [5, 5.41) is 3.45. The summed E-state index contributed by atoms with van der Waals surface area (Å²) in [6, 6.07) is 8.74. The molecule has 13 heavy (non-hydrogen) atoms. The van der Waals surface area contributed by atoms with E-state index in [1.807, 2.05) is 0 Å². The van der Waals surface area contributed by atoms with Crippen LogP contribution in [0.4, 0.5) is 0 Å². The van der Waals surface area contributed by atoms with Gasteiger partial charge in [0.25, 0.3) is 0 Å². The molecule has 0 amide bonds. The van der Waals surface area contributed by atoms with Crippen LogP contribution in [-0.2, 0) is 0 Å². The number of hydrogen-bond donors (Lipinski definition) is 1. The Kier molecular flexibility index (Phi) is 2.36. The molecule has 1 saturated heterocycles. The van der Waals surface area contributed by atoms with E-state index in [-0.39, 0.29) is 0 Å². The van der Waals surface area contributed by atoms with Gasteiger partial charge >= 0.3 is 0 Å². The predicted octanol–water partition coefficient (Wildman–Crippen LogP) is 2.32. The highest BCUT2D eigenvalue weighted by Gasteiger charge is 2.25. The van der Waals surface area contributed by atoms with Crippen molar-refractivity contribution in [3.05, 3.63) is 35.4 Å². The zero-order valence-corrected chi connectivity index (χ0v) is 8.38. The molecule has 1 aromatic rings. The zero-order chi connectivity index (χ0) is 9.26. The molecule has 0 saturated carbocycles. The first-order valence-corrected chi connectivity index (χ1v) is 5.05. The third kappa shape index (κ3) is 1.61. The molecule has 0 radical (unpaired) electrons. The van der Waals surface area contributed by atoms with Crippen LogP contribution in [0.5, 0.6) is 0 Å². The van der Waals surface area contributed by atoms with Crippen LogP contribution >= 0.6 is 0 Å². The van der Waals surface area contributed by atoms with Crippen molar-refractivity contribution in [1.29, 1.82) is 0 Å². The molecule has 0 aliphatic carbocycles. The molecule has 0 unspecified atom stereocenters. The highest BCUT2D eigenvalue weighted by Crippen LogP contribution is 2.29. The van der Waals surface area contributed by atoms with Crippen molar-refractivity contribution in [2.45, 2.75) is 19.8 Å². The Morgan fingerprint density at radius 3 is 2.62 bits per heavy atom. The first-order chi connectivity index (χ1) is 6.29. The van der Waals surface area contributed by atoms with Crippen LogP contribution < -0.4 is 5.32 Å². The van der Waals surface area contributed by atoms with Crippen molar-refractivity contribution in [2.24, 2.45) is 5.92 Å². The first kappa shape index (κ1) is 8.76. The molecule has 1 nitrogen and oxygen atoms in total. The third-order valence-electron chi connectivity index (χ3n) is 3.11. The van der Waals surface area contributed by atoms with Gasteiger partial charge in [-0.1, -0.05) is 31.2 Å². The van der Waals surface area contributed by atoms with Crippen molar-refractivity contribution in [1.82, 2.24) is 5.32 Å². The number of hydrogen-bond acceptors (Lipinski definition) is 1. The van der Waals surface area contributed by atoms with Crippen LogP contribution in [0.1, 0.15) is 24.0 Å². The van der Waals surface area contributed by atoms with Gasteiger partial charge in [0, 0.05) is 12.5 Å². The number of benzene rings is 1. The van der Waals surface area contributed by atoms with E-state index in [0.29, 0.717) is 0 Å². The molecular weight excluding hydrogens is 158 g/mol. The second-order valence-electron chi connectivity index (χ2n) is 4.10. The Morgan fingerprint density at radius 2 is 2.00 bits per heavy atom. The van der Waals surface area contributed by atoms with E-state index in [9.17, 15) is 0 Å². The monoisotopic (exact) mass is 175 g/mol. The highest BCUT2D eigenvalue weighted by molar-refractivity contribution is 5.30. The topological polar surface area (TPSA) is 12.0 Å². The van der Waals surface area contributed by atoms with E-state index in [2.05, 4.69) is 43.4 Å². The lowest BCUT2D eigenvalue weighted by atomic mass is 9.88. The van der Waals surface area contributed by atoms with Crippen LogP contribution in [0, 0.1) is 12.8 Å². The molecule has 0 aromatic heterocycles. The largest absolute Gasteiger partial charge is 0.316 e. The van der Waals surface area contributed by atoms with Crippen molar-refractivity contribution in [3.63, 3.8) is 0 Å². The fourth-order valence-electron chi connectivity index (χ4n) is 2.23. The predicted molar refractivity (Wildman–Crippen MR) is 56.0 cm³/mol. The molecule has 1 aliphatic heterocycles. The first-order valence-electron chi connectivity index (χ1n) is 5.05. The Labute approximate surface area is 80.2 Å². The Balaban J connectivity index is 2.29. The van der Waals surface area contributed by atoms with Crippen molar-refractivity contribution in [3.8, 4) is 0 Å². The quantitative estimate of drug-likeness (QED) is 0.690. The van der Waals surface area contributed by atoms with E-state index < -0.39 is 0 Å². The van der Waals surface area contributed by atoms with Crippen molar-refractivity contribution >= 4 is 0 Å². The number of nitrogens with one attached hydrogen (secondary N) is 1. The van der Waals surface area contributed by atoms with Crippen LogP contribution in [0.3, 0.4) is 0 Å². The van der Waals surface area contributed by atoms with Crippen LogP contribution in [0.25, 0.3) is 0 Å². The average Bonchev–Trinajstić information content (AvgIpc) is 2.52. The summed E-state index contributed by atoms with van der Waals surface area (Å²) in [5.41, 5.74) is 2.96. The molecular formula is C12H17N. The maximum absolute atomic E-state index is 3.45. The summed E-state index contributed by atoms with van der Waals surface area (Å²) in [5.74, 6) is 1.50. The van der Waals surface area contributed by atoms with E-state index in [4.69, 9.17) is 0 Å². The molecule has 1 fully saturated rings. The standard InChI is InChI=1S/C12H17N/c1-9-5-3-4-6-11(9)12-8-13-7-10(12)2/h3-6,10,12-13H,7-8H2,1-2H3/t10-,12-/m0/s1. The lowest BCUT2D eigenvalue weighted by Gasteiger charge is -2.16. The summed E-state index contributed by atoms with van der Waals surface area (Å²) < 4.78 is 0. The summed E-state index contributed by atoms with van der Waals surface area (Å²) in [6.07, 6.45) is 0.